The number of aromatic nitrogens is 2. The highest BCUT2D eigenvalue weighted by Crippen LogP contribution is 2.25. The molecule has 0 spiro atoms. The highest BCUT2D eigenvalue weighted by molar-refractivity contribution is 6.00. The molecule has 2 heterocycles. The Bertz CT molecular complexity index is 1110. The van der Waals surface area contributed by atoms with Crippen molar-refractivity contribution >= 4 is 33.8 Å². The van der Waals surface area contributed by atoms with Gasteiger partial charge in [-0.25, -0.2) is 4.98 Å². The number of para-hydroxylation sites is 2. The molecule has 4 rings (SSSR count). The van der Waals surface area contributed by atoms with Gasteiger partial charge in [0, 0.05) is 22.5 Å². The third-order valence-corrected chi connectivity index (χ3v) is 3.87. The van der Waals surface area contributed by atoms with E-state index in [4.69, 9.17) is 0 Å². The Morgan fingerprint density at radius 1 is 0.880 bits per heavy atom. The standard InChI is InChI=1S/C19H14N4O2/c24-15-5-1-3-12-7-8-17(22-18(12)15)23-21-11-13-9-10-20-19-14(13)4-2-6-16(19)25/h1-11,24-25H,(H,22,23). The van der Waals surface area contributed by atoms with Gasteiger partial charge < -0.3 is 10.2 Å². The minimum absolute atomic E-state index is 0.126. The zero-order chi connectivity index (χ0) is 17.2. The van der Waals surface area contributed by atoms with E-state index in [2.05, 4.69) is 20.5 Å². The van der Waals surface area contributed by atoms with Gasteiger partial charge in [0.25, 0.3) is 0 Å². The smallest absolute Gasteiger partial charge is 0.147 e. The number of phenols is 2. The molecule has 0 saturated carbocycles. The minimum Gasteiger partial charge on any atom is -0.506 e. The summed E-state index contributed by atoms with van der Waals surface area (Å²) in [5.74, 6) is 0.777. The third kappa shape index (κ3) is 2.81. The lowest BCUT2D eigenvalue weighted by Gasteiger charge is -2.04. The maximum absolute atomic E-state index is 9.88. The quantitative estimate of drug-likeness (QED) is 0.394. The van der Waals surface area contributed by atoms with E-state index >= 15 is 0 Å². The van der Waals surface area contributed by atoms with E-state index in [1.54, 1.807) is 42.7 Å². The van der Waals surface area contributed by atoms with Crippen LogP contribution in [0.15, 0.2) is 65.9 Å². The van der Waals surface area contributed by atoms with Gasteiger partial charge in [-0.3, -0.25) is 10.4 Å². The molecule has 0 amide bonds. The Morgan fingerprint density at radius 3 is 2.56 bits per heavy atom. The number of hydrazone groups is 1. The van der Waals surface area contributed by atoms with Gasteiger partial charge in [-0.1, -0.05) is 24.3 Å². The van der Waals surface area contributed by atoms with Crippen LogP contribution in [-0.2, 0) is 0 Å². The van der Waals surface area contributed by atoms with Crippen molar-refractivity contribution in [3.8, 4) is 11.5 Å². The summed E-state index contributed by atoms with van der Waals surface area (Å²) in [5, 5.41) is 25.6. The van der Waals surface area contributed by atoms with Crippen LogP contribution in [0.4, 0.5) is 5.82 Å². The Kier molecular flexibility index (Phi) is 3.63. The number of rotatable bonds is 3. The molecule has 4 aromatic rings. The van der Waals surface area contributed by atoms with Crippen LogP contribution in [0.2, 0.25) is 0 Å². The van der Waals surface area contributed by atoms with Gasteiger partial charge in [0.2, 0.25) is 0 Å². The van der Waals surface area contributed by atoms with Crippen LogP contribution in [0.1, 0.15) is 5.56 Å². The summed E-state index contributed by atoms with van der Waals surface area (Å²) >= 11 is 0. The van der Waals surface area contributed by atoms with Gasteiger partial charge in [0.1, 0.15) is 28.4 Å². The fourth-order valence-corrected chi connectivity index (χ4v) is 2.66. The summed E-state index contributed by atoms with van der Waals surface area (Å²) in [6.07, 6.45) is 3.26. The van der Waals surface area contributed by atoms with Crippen LogP contribution < -0.4 is 5.43 Å². The lowest BCUT2D eigenvalue weighted by Crippen LogP contribution is -1.95. The molecule has 2 aromatic carbocycles. The van der Waals surface area contributed by atoms with Crippen molar-refractivity contribution in [3.63, 3.8) is 0 Å². The van der Waals surface area contributed by atoms with Crippen LogP contribution >= 0.6 is 0 Å². The molecule has 0 atom stereocenters. The van der Waals surface area contributed by atoms with Crippen molar-refractivity contribution in [2.75, 3.05) is 5.43 Å². The van der Waals surface area contributed by atoms with E-state index in [0.717, 1.165) is 16.3 Å². The number of aromatic hydroxyl groups is 2. The number of nitrogens with zero attached hydrogens (tertiary/aromatic N) is 3. The number of hydrogen-bond acceptors (Lipinski definition) is 6. The number of anilines is 1. The van der Waals surface area contributed by atoms with E-state index in [1.165, 1.54) is 0 Å². The highest BCUT2D eigenvalue weighted by Gasteiger charge is 2.04. The molecule has 0 fully saturated rings. The molecule has 2 aromatic heterocycles. The van der Waals surface area contributed by atoms with Gasteiger partial charge in [-0.15, -0.1) is 0 Å². The zero-order valence-electron chi connectivity index (χ0n) is 13.1. The summed E-state index contributed by atoms with van der Waals surface area (Å²) in [7, 11) is 0. The fourth-order valence-electron chi connectivity index (χ4n) is 2.66. The van der Waals surface area contributed by atoms with Crippen molar-refractivity contribution in [2.45, 2.75) is 0 Å². The van der Waals surface area contributed by atoms with Crippen LogP contribution in [0.3, 0.4) is 0 Å². The molecule has 0 aliphatic heterocycles. The second kappa shape index (κ2) is 6.09. The van der Waals surface area contributed by atoms with Crippen molar-refractivity contribution in [3.05, 3.63) is 66.4 Å². The molecule has 0 saturated heterocycles. The SMILES string of the molecule is Oc1cccc2ccc(NN=Cc3ccnc4c(O)cccc34)nc12. The summed E-state index contributed by atoms with van der Waals surface area (Å²) < 4.78 is 0. The summed E-state index contributed by atoms with van der Waals surface area (Å²) in [5.41, 5.74) is 4.72. The number of hydrogen-bond donors (Lipinski definition) is 3. The summed E-state index contributed by atoms with van der Waals surface area (Å²) in [4.78, 5) is 8.53. The molecule has 0 radical (unpaired) electrons. The molecular weight excluding hydrogens is 316 g/mol. The minimum atomic E-state index is 0.126. The monoisotopic (exact) mass is 330 g/mol. The van der Waals surface area contributed by atoms with Gasteiger partial charge in [0.05, 0.1) is 6.21 Å². The van der Waals surface area contributed by atoms with Crippen molar-refractivity contribution in [1.29, 1.82) is 0 Å². The molecule has 122 valence electrons. The third-order valence-electron chi connectivity index (χ3n) is 3.87. The first kappa shape index (κ1) is 14.9. The van der Waals surface area contributed by atoms with Crippen LogP contribution in [-0.4, -0.2) is 26.4 Å². The number of pyridine rings is 2. The number of phenolic OH excluding ortho intramolecular Hbond substituents is 2. The number of fused-ring (bicyclic) bond motifs is 2. The molecule has 3 N–H and O–H groups in total. The lowest BCUT2D eigenvalue weighted by molar-refractivity contribution is 0.480. The molecule has 0 bridgehead atoms. The lowest BCUT2D eigenvalue weighted by atomic mass is 10.1. The van der Waals surface area contributed by atoms with E-state index < -0.39 is 0 Å². The predicted molar refractivity (Wildman–Crippen MR) is 98.0 cm³/mol. The first-order chi connectivity index (χ1) is 12.2. The zero-order valence-corrected chi connectivity index (χ0v) is 13.1. The second-order valence-corrected chi connectivity index (χ2v) is 5.49. The molecule has 6 nitrogen and oxygen atoms in total. The molecule has 25 heavy (non-hydrogen) atoms. The Balaban J connectivity index is 1.63. The topological polar surface area (TPSA) is 90.6 Å². The first-order valence-electron chi connectivity index (χ1n) is 7.67. The van der Waals surface area contributed by atoms with Gasteiger partial charge in [0.15, 0.2) is 0 Å². The van der Waals surface area contributed by atoms with Crippen LogP contribution in [0.5, 0.6) is 11.5 Å². The number of benzene rings is 2. The molecule has 0 aliphatic rings. The van der Waals surface area contributed by atoms with E-state index in [9.17, 15) is 10.2 Å². The Labute approximate surface area is 143 Å². The molecule has 6 heteroatoms. The Hall–Kier alpha value is -3.67. The van der Waals surface area contributed by atoms with Crippen molar-refractivity contribution < 1.29 is 10.2 Å². The van der Waals surface area contributed by atoms with Gasteiger partial charge in [-0.05, 0) is 30.3 Å². The maximum Gasteiger partial charge on any atom is 0.147 e. The normalized spacial score (nSPS) is 11.4. The Morgan fingerprint density at radius 2 is 1.68 bits per heavy atom. The largest absolute Gasteiger partial charge is 0.506 e. The second-order valence-electron chi connectivity index (χ2n) is 5.49. The van der Waals surface area contributed by atoms with E-state index in [1.807, 2.05) is 24.3 Å². The van der Waals surface area contributed by atoms with E-state index in [-0.39, 0.29) is 11.5 Å². The van der Waals surface area contributed by atoms with Crippen molar-refractivity contribution in [2.24, 2.45) is 5.10 Å². The fraction of sp³-hybridized carbons (Fsp3) is 0. The molecule has 0 unspecified atom stereocenters. The van der Waals surface area contributed by atoms with Crippen molar-refractivity contribution in [1.82, 2.24) is 9.97 Å². The van der Waals surface area contributed by atoms with Crippen LogP contribution in [0.25, 0.3) is 21.8 Å². The van der Waals surface area contributed by atoms with Gasteiger partial charge >= 0.3 is 0 Å². The van der Waals surface area contributed by atoms with E-state index in [0.29, 0.717) is 16.9 Å². The summed E-state index contributed by atoms with van der Waals surface area (Å²) in [6, 6.07) is 15.9. The predicted octanol–water partition coefficient (Wildman–Crippen LogP) is 3.64. The molecule has 0 aliphatic carbocycles. The maximum atomic E-state index is 9.88. The van der Waals surface area contributed by atoms with Gasteiger partial charge in [-0.2, -0.15) is 5.10 Å². The average molecular weight is 330 g/mol. The first-order valence-corrected chi connectivity index (χ1v) is 7.67. The summed E-state index contributed by atoms with van der Waals surface area (Å²) in [6.45, 7) is 0. The molecular formula is C19H14N4O2. The average Bonchev–Trinajstić information content (AvgIpc) is 2.63. The van der Waals surface area contributed by atoms with Crippen LogP contribution in [0, 0.1) is 0 Å². The number of nitrogens with one attached hydrogen (secondary N) is 1. The highest BCUT2D eigenvalue weighted by atomic mass is 16.3.